The molecule has 3 N–H and O–H groups in total. The highest BCUT2D eigenvalue weighted by Gasteiger charge is 2.46. The second-order valence-corrected chi connectivity index (χ2v) is 9.85. The van der Waals surface area contributed by atoms with Gasteiger partial charge in [-0.1, -0.05) is 45.3 Å². The van der Waals surface area contributed by atoms with Gasteiger partial charge in [-0.05, 0) is 55.8 Å². The van der Waals surface area contributed by atoms with Crippen molar-refractivity contribution in [3.05, 3.63) is 12.2 Å². The molecule has 174 valence electrons. The smallest absolute Gasteiger partial charge is 0.260 e. The van der Waals surface area contributed by atoms with E-state index in [1.165, 1.54) is 19.3 Å². The molecule has 0 aromatic heterocycles. The predicted molar refractivity (Wildman–Crippen MR) is 120 cm³/mol. The van der Waals surface area contributed by atoms with Crippen molar-refractivity contribution in [3.8, 4) is 0 Å². The average molecular weight is 425 g/mol. The molecule has 2 saturated carbocycles. The third-order valence-corrected chi connectivity index (χ3v) is 6.83. The zero-order valence-electron chi connectivity index (χ0n) is 19.4. The van der Waals surface area contributed by atoms with Gasteiger partial charge in [0.1, 0.15) is 6.61 Å². The van der Waals surface area contributed by atoms with Crippen LogP contribution in [0, 0.1) is 29.6 Å². The highest BCUT2D eigenvalue weighted by molar-refractivity contribution is 5.76. The van der Waals surface area contributed by atoms with Gasteiger partial charge in [-0.3, -0.25) is 10.2 Å². The number of nitrogens with zero attached hydrogens (tertiary/aromatic N) is 1. The first-order valence-corrected chi connectivity index (χ1v) is 11.9. The molecule has 7 atom stereocenters. The van der Waals surface area contributed by atoms with Crippen LogP contribution in [-0.4, -0.2) is 60.6 Å². The van der Waals surface area contributed by atoms with Gasteiger partial charge in [0, 0.05) is 26.6 Å². The van der Waals surface area contributed by atoms with E-state index in [0.717, 1.165) is 32.1 Å². The minimum atomic E-state index is -0.415. The second kappa shape index (κ2) is 12.8. The van der Waals surface area contributed by atoms with E-state index in [9.17, 15) is 15.0 Å². The number of carbonyl (C=O) groups is 1. The third kappa shape index (κ3) is 8.29. The predicted octanol–water partition coefficient (Wildman–Crippen LogP) is 3.14. The first kappa shape index (κ1) is 25.3. The zero-order chi connectivity index (χ0) is 22.1. The number of fused-ring (bicyclic) bond motifs is 1. The molecular weight excluding hydrogens is 380 g/mol. The molecule has 6 nitrogen and oxygen atoms in total. The number of hydrazine groups is 1. The van der Waals surface area contributed by atoms with Crippen molar-refractivity contribution in [2.24, 2.45) is 29.6 Å². The second-order valence-electron chi connectivity index (χ2n) is 9.85. The van der Waals surface area contributed by atoms with E-state index in [-0.39, 0.29) is 24.5 Å². The minimum absolute atomic E-state index is 0.0937. The summed E-state index contributed by atoms with van der Waals surface area (Å²) in [5.41, 5.74) is 2.67. The van der Waals surface area contributed by atoms with Crippen molar-refractivity contribution in [1.82, 2.24) is 10.4 Å². The van der Waals surface area contributed by atoms with Crippen molar-refractivity contribution >= 4 is 5.91 Å². The number of rotatable bonds is 13. The van der Waals surface area contributed by atoms with Crippen LogP contribution in [0.3, 0.4) is 0 Å². The summed E-state index contributed by atoms with van der Waals surface area (Å²) in [5.74, 6) is 2.23. The Kier molecular flexibility index (Phi) is 10.8. The number of nitrogens with one attached hydrogen (secondary N) is 1. The summed E-state index contributed by atoms with van der Waals surface area (Å²) in [6, 6.07) is 0. The Morgan fingerprint density at radius 1 is 1.30 bits per heavy atom. The fourth-order valence-electron chi connectivity index (χ4n) is 5.39. The van der Waals surface area contributed by atoms with Gasteiger partial charge in [-0.15, -0.1) is 0 Å². The fraction of sp³-hybridized carbons (Fsp3) is 0.875. The molecule has 0 aromatic rings. The Morgan fingerprint density at radius 3 is 2.77 bits per heavy atom. The van der Waals surface area contributed by atoms with E-state index in [2.05, 4.69) is 25.3 Å². The van der Waals surface area contributed by atoms with Crippen molar-refractivity contribution in [1.29, 1.82) is 0 Å². The van der Waals surface area contributed by atoms with E-state index in [1.807, 2.05) is 6.08 Å². The van der Waals surface area contributed by atoms with Crippen LogP contribution in [0.1, 0.15) is 65.2 Å². The standard InChI is InChI=1S/C24H44N2O4/c1-5-6-7-17(2)12-20(27)8-9-21-22-14-18(13-19(22)15-23(21)28)10-11-30-16-24(29)25-26(3)4/h8-9,17-23,27-28H,5-7,10-16H2,1-4H3,(H,25,29)/t17-,18+,19-,20-,21+,22-,23+/m0/s1. The van der Waals surface area contributed by atoms with Gasteiger partial charge < -0.3 is 14.9 Å². The van der Waals surface area contributed by atoms with Crippen molar-refractivity contribution in [2.75, 3.05) is 27.3 Å². The monoisotopic (exact) mass is 424 g/mol. The summed E-state index contributed by atoms with van der Waals surface area (Å²) in [6.45, 7) is 5.10. The van der Waals surface area contributed by atoms with Gasteiger partial charge in [0.25, 0.3) is 5.91 Å². The fourth-order valence-corrected chi connectivity index (χ4v) is 5.39. The maximum atomic E-state index is 11.6. The highest BCUT2D eigenvalue weighted by atomic mass is 16.5. The van der Waals surface area contributed by atoms with Gasteiger partial charge in [-0.25, -0.2) is 5.01 Å². The Morgan fingerprint density at radius 2 is 2.07 bits per heavy atom. The molecule has 0 bridgehead atoms. The van der Waals surface area contributed by atoms with Gasteiger partial charge in [0.15, 0.2) is 0 Å². The summed E-state index contributed by atoms with van der Waals surface area (Å²) in [4.78, 5) is 11.6. The zero-order valence-corrected chi connectivity index (χ0v) is 19.4. The normalized spacial score (nSPS) is 30.7. The molecule has 2 fully saturated rings. The molecule has 0 radical (unpaired) electrons. The van der Waals surface area contributed by atoms with Crippen molar-refractivity contribution in [3.63, 3.8) is 0 Å². The van der Waals surface area contributed by atoms with Crippen LogP contribution in [0.4, 0.5) is 0 Å². The number of aliphatic hydroxyl groups excluding tert-OH is 2. The number of carbonyl (C=O) groups excluding carboxylic acids is 1. The third-order valence-electron chi connectivity index (χ3n) is 6.83. The van der Waals surface area contributed by atoms with Crippen LogP contribution in [0.5, 0.6) is 0 Å². The maximum Gasteiger partial charge on any atom is 0.260 e. The SMILES string of the molecule is CCCC[C@H](C)C[C@@H](O)C=C[C@@H]1[C@H]2C[C@H](CCOCC(=O)NN(C)C)C[C@H]2C[C@H]1O. The topological polar surface area (TPSA) is 82.0 Å². The molecule has 0 saturated heterocycles. The Labute approximate surface area is 183 Å². The van der Waals surface area contributed by atoms with Gasteiger partial charge >= 0.3 is 0 Å². The first-order chi connectivity index (χ1) is 14.3. The minimum Gasteiger partial charge on any atom is -0.392 e. The molecule has 30 heavy (non-hydrogen) atoms. The summed E-state index contributed by atoms with van der Waals surface area (Å²) >= 11 is 0. The summed E-state index contributed by atoms with van der Waals surface area (Å²) in [6.07, 6.45) is 11.8. The maximum absolute atomic E-state index is 11.6. The number of hydrogen-bond acceptors (Lipinski definition) is 5. The lowest BCUT2D eigenvalue weighted by atomic mass is 9.89. The lowest BCUT2D eigenvalue weighted by molar-refractivity contribution is -0.129. The first-order valence-electron chi connectivity index (χ1n) is 11.9. The molecule has 0 aliphatic heterocycles. The number of hydrogen-bond donors (Lipinski definition) is 3. The molecule has 2 aliphatic carbocycles. The van der Waals surface area contributed by atoms with E-state index in [1.54, 1.807) is 19.1 Å². The number of ether oxygens (including phenoxy) is 1. The van der Waals surface area contributed by atoms with E-state index in [4.69, 9.17) is 4.74 Å². The van der Waals surface area contributed by atoms with Crippen LogP contribution in [-0.2, 0) is 9.53 Å². The van der Waals surface area contributed by atoms with Gasteiger partial charge in [-0.2, -0.15) is 0 Å². The van der Waals surface area contributed by atoms with E-state index < -0.39 is 6.10 Å². The van der Waals surface area contributed by atoms with E-state index >= 15 is 0 Å². The molecule has 0 aromatic carbocycles. The average Bonchev–Trinajstić information content (AvgIpc) is 3.17. The molecule has 0 spiro atoms. The quantitative estimate of drug-likeness (QED) is 0.240. The summed E-state index contributed by atoms with van der Waals surface area (Å²) in [7, 11) is 3.56. The summed E-state index contributed by atoms with van der Waals surface area (Å²) < 4.78 is 5.54. The molecule has 2 aliphatic rings. The van der Waals surface area contributed by atoms with E-state index in [0.29, 0.717) is 30.3 Å². The van der Waals surface area contributed by atoms with Crippen LogP contribution >= 0.6 is 0 Å². The molecule has 1 amide bonds. The van der Waals surface area contributed by atoms with Gasteiger partial charge in [0.2, 0.25) is 0 Å². The Hall–Kier alpha value is -0.950. The number of amides is 1. The molecular formula is C24H44N2O4. The van der Waals surface area contributed by atoms with Crippen LogP contribution in [0.25, 0.3) is 0 Å². The molecule has 2 rings (SSSR count). The van der Waals surface area contributed by atoms with Crippen LogP contribution in [0.15, 0.2) is 12.2 Å². The molecule has 0 unspecified atom stereocenters. The lowest BCUT2D eigenvalue weighted by Crippen LogP contribution is -2.38. The molecule has 6 heteroatoms. The number of unbranched alkanes of at least 4 members (excludes halogenated alkanes) is 1. The number of aliphatic hydroxyl groups is 2. The lowest BCUT2D eigenvalue weighted by Gasteiger charge is -2.20. The Balaban J connectivity index is 1.72. The Bertz CT molecular complexity index is 539. The van der Waals surface area contributed by atoms with Crippen molar-refractivity contribution < 1.29 is 19.7 Å². The van der Waals surface area contributed by atoms with Crippen molar-refractivity contribution in [2.45, 2.75) is 77.4 Å². The van der Waals surface area contributed by atoms with Crippen LogP contribution in [0.2, 0.25) is 0 Å². The largest absolute Gasteiger partial charge is 0.392 e. The molecule has 0 heterocycles. The van der Waals surface area contributed by atoms with Gasteiger partial charge in [0.05, 0.1) is 12.2 Å². The summed E-state index contributed by atoms with van der Waals surface area (Å²) in [5, 5.41) is 22.5. The van der Waals surface area contributed by atoms with Crippen LogP contribution < -0.4 is 5.43 Å². The highest BCUT2D eigenvalue weighted by Crippen LogP contribution is 2.51.